The molecule has 36 heavy (non-hydrogen) atoms. The third-order valence-corrected chi connectivity index (χ3v) is 7.22. The van der Waals surface area contributed by atoms with Gasteiger partial charge in [0, 0.05) is 48.8 Å². The highest BCUT2D eigenvalue weighted by Crippen LogP contribution is 2.37. The highest BCUT2D eigenvalue weighted by atomic mass is 15.3. The zero-order chi connectivity index (χ0) is 24.6. The van der Waals surface area contributed by atoms with Gasteiger partial charge in [-0.3, -0.25) is 0 Å². The molecule has 1 saturated heterocycles. The highest BCUT2D eigenvalue weighted by molar-refractivity contribution is 6.02. The largest absolute Gasteiger partial charge is 0.365 e. The van der Waals surface area contributed by atoms with Crippen molar-refractivity contribution in [1.82, 2.24) is 14.5 Å². The van der Waals surface area contributed by atoms with Crippen LogP contribution in [0.25, 0.3) is 27.8 Å². The van der Waals surface area contributed by atoms with E-state index in [1.54, 1.807) is 6.33 Å². The summed E-state index contributed by atoms with van der Waals surface area (Å²) >= 11 is 0. The summed E-state index contributed by atoms with van der Waals surface area (Å²) in [6.07, 6.45) is 3.94. The van der Waals surface area contributed by atoms with E-state index >= 15 is 0 Å². The summed E-state index contributed by atoms with van der Waals surface area (Å²) in [5.41, 5.74) is 8.21. The van der Waals surface area contributed by atoms with Gasteiger partial charge in [0.25, 0.3) is 0 Å². The molecule has 2 aromatic heterocycles. The van der Waals surface area contributed by atoms with E-state index in [0.717, 1.165) is 47.7 Å². The van der Waals surface area contributed by atoms with Crippen LogP contribution in [0, 0.1) is 13.8 Å². The summed E-state index contributed by atoms with van der Waals surface area (Å²) < 4.78 is 2.21. The van der Waals surface area contributed by atoms with Crippen LogP contribution in [0.15, 0.2) is 91.4 Å². The number of hydrogen-bond acceptors (Lipinski definition) is 4. The van der Waals surface area contributed by atoms with E-state index in [2.05, 4.69) is 120 Å². The molecule has 0 spiro atoms. The second kappa shape index (κ2) is 9.15. The first kappa shape index (κ1) is 22.4. The second-order valence-corrected chi connectivity index (χ2v) is 9.84. The van der Waals surface area contributed by atoms with Crippen molar-refractivity contribution in [3.8, 4) is 16.8 Å². The molecule has 3 heterocycles. The first-order valence-electron chi connectivity index (χ1n) is 12.7. The SMILES string of the molecule is Cc1ccc(N2CCN(c3ncnc4c3c(-c3ccccc3)cn4-c3cccc(C)c3)C[C@@H]2C)cc1. The van der Waals surface area contributed by atoms with Crippen LogP contribution in [-0.4, -0.2) is 40.2 Å². The number of anilines is 2. The van der Waals surface area contributed by atoms with Gasteiger partial charge >= 0.3 is 0 Å². The van der Waals surface area contributed by atoms with Crippen LogP contribution in [0.4, 0.5) is 11.5 Å². The molecule has 0 amide bonds. The molecule has 3 aromatic carbocycles. The maximum atomic E-state index is 4.87. The molecule has 6 rings (SSSR count). The Morgan fingerprint density at radius 3 is 2.33 bits per heavy atom. The highest BCUT2D eigenvalue weighted by Gasteiger charge is 2.28. The molecule has 1 aliphatic heterocycles. The second-order valence-electron chi connectivity index (χ2n) is 9.84. The fourth-order valence-corrected chi connectivity index (χ4v) is 5.37. The van der Waals surface area contributed by atoms with E-state index in [0.29, 0.717) is 6.04 Å². The van der Waals surface area contributed by atoms with Crippen molar-refractivity contribution in [2.45, 2.75) is 26.8 Å². The zero-order valence-electron chi connectivity index (χ0n) is 21.1. The Balaban J connectivity index is 1.44. The van der Waals surface area contributed by atoms with E-state index in [1.165, 1.54) is 22.4 Å². The van der Waals surface area contributed by atoms with Gasteiger partial charge in [0.2, 0.25) is 0 Å². The number of piperazine rings is 1. The lowest BCUT2D eigenvalue weighted by molar-refractivity contribution is 0.548. The smallest absolute Gasteiger partial charge is 0.150 e. The van der Waals surface area contributed by atoms with E-state index < -0.39 is 0 Å². The van der Waals surface area contributed by atoms with E-state index in [9.17, 15) is 0 Å². The van der Waals surface area contributed by atoms with Crippen LogP contribution in [-0.2, 0) is 0 Å². The van der Waals surface area contributed by atoms with E-state index in [4.69, 9.17) is 9.97 Å². The maximum absolute atomic E-state index is 4.87. The lowest BCUT2D eigenvalue weighted by Crippen LogP contribution is -2.52. The number of rotatable bonds is 4. The van der Waals surface area contributed by atoms with E-state index in [-0.39, 0.29) is 0 Å². The Morgan fingerprint density at radius 2 is 1.58 bits per heavy atom. The fraction of sp³-hybridized carbons (Fsp3) is 0.226. The third kappa shape index (κ3) is 4.01. The lowest BCUT2D eigenvalue weighted by atomic mass is 10.1. The third-order valence-electron chi connectivity index (χ3n) is 7.22. The summed E-state index contributed by atoms with van der Waals surface area (Å²) in [6.45, 7) is 9.34. The zero-order valence-corrected chi connectivity index (χ0v) is 21.1. The molecule has 0 aliphatic carbocycles. The lowest BCUT2D eigenvalue weighted by Gasteiger charge is -2.42. The van der Waals surface area contributed by atoms with Gasteiger partial charge < -0.3 is 14.4 Å². The minimum absolute atomic E-state index is 0.366. The first-order valence-corrected chi connectivity index (χ1v) is 12.7. The molecule has 0 N–H and O–H groups in total. The van der Waals surface area contributed by atoms with E-state index in [1.807, 2.05) is 0 Å². The molecule has 1 fully saturated rings. The van der Waals surface area contributed by atoms with Gasteiger partial charge in [0.1, 0.15) is 12.1 Å². The Hall–Kier alpha value is -4.12. The van der Waals surface area contributed by atoms with Gasteiger partial charge in [-0.1, -0.05) is 60.2 Å². The Kier molecular flexibility index (Phi) is 5.68. The van der Waals surface area contributed by atoms with Gasteiger partial charge in [-0.25, -0.2) is 9.97 Å². The van der Waals surface area contributed by atoms with Gasteiger partial charge in [0.15, 0.2) is 5.65 Å². The van der Waals surface area contributed by atoms with Crippen molar-refractivity contribution in [3.63, 3.8) is 0 Å². The summed E-state index contributed by atoms with van der Waals surface area (Å²) in [5, 5.41) is 1.11. The number of nitrogens with zero attached hydrogens (tertiary/aromatic N) is 5. The predicted octanol–water partition coefficient (Wildman–Crippen LogP) is 6.42. The quantitative estimate of drug-likeness (QED) is 0.302. The van der Waals surface area contributed by atoms with Crippen molar-refractivity contribution < 1.29 is 0 Å². The van der Waals surface area contributed by atoms with Crippen LogP contribution in [0.2, 0.25) is 0 Å². The molecule has 0 unspecified atom stereocenters. The topological polar surface area (TPSA) is 37.2 Å². The molecule has 180 valence electrons. The molecule has 5 nitrogen and oxygen atoms in total. The summed E-state index contributed by atoms with van der Waals surface area (Å²) in [4.78, 5) is 14.6. The van der Waals surface area contributed by atoms with Gasteiger partial charge in [0.05, 0.1) is 5.39 Å². The van der Waals surface area contributed by atoms with Crippen LogP contribution in [0.1, 0.15) is 18.1 Å². The summed E-state index contributed by atoms with van der Waals surface area (Å²) in [5.74, 6) is 1.01. The Bertz CT molecular complexity index is 1500. The van der Waals surface area contributed by atoms with Crippen molar-refractivity contribution in [2.24, 2.45) is 0 Å². The maximum Gasteiger partial charge on any atom is 0.150 e. The molecule has 1 atom stereocenters. The number of aryl methyl sites for hydroxylation is 2. The van der Waals surface area contributed by atoms with Crippen LogP contribution in [0.5, 0.6) is 0 Å². The fourth-order valence-electron chi connectivity index (χ4n) is 5.37. The predicted molar refractivity (Wildman–Crippen MR) is 149 cm³/mol. The molecule has 5 heteroatoms. The van der Waals surface area contributed by atoms with Crippen molar-refractivity contribution in [3.05, 3.63) is 103 Å². The molecular weight excluding hydrogens is 442 g/mol. The van der Waals surface area contributed by atoms with Gasteiger partial charge in [-0.2, -0.15) is 0 Å². The van der Waals surface area contributed by atoms with Gasteiger partial charge in [-0.05, 0) is 56.2 Å². The van der Waals surface area contributed by atoms with Gasteiger partial charge in [-0.15, -0.1) is 0 Å². The average Bonchev–Trinajstić information content (AvgIpc) is 3.30. The minimum atomic E-state index is 0.366. The summed E-state index contributed by atoms with van der Waals surface area (Å²) in [7, 11) is 0. The normalized spacial score (nSPS) is 16.0. The molecular formula is C31H31N5. The standard InChI is InChI=1S/C31H31N5/c1-22-12-14-26(15-13-22)35-17-16-34(19-24(35)3)30-29-28(25-9-5-4-6-10-25)20-36(31(29)33-21-32-30)27-11-7-8-23(2)18-27/h4-15,18,20-21,24H,16-17,19H2,1-3H3/t24-/m0/s1. The van der Waals surface area contributed by atoms with Crippen LogP contribution in [0.3, 0.4) is 0 Å². The summed E-state index contributed by atoms with van der Waals surface area (Å²) in [6, 6.07) is 28.4. The molecule has 0 bridgehead atoms. The number of hydrogen-bond donors (Lipinski definition) is 0. The molecule has 0 radical (unpaired) electrons. The first-order chi connectivity index (χ1) is 17.6. The van der Waals surface area contributed by atoms with Crippen LogP contribution < -0.4 is 9.80 Å². The van der Waals surface area contributed by atoms with Crippen molar-refractivity contribution in [2.75, 3.05) is 29.4 Å². The average molecular weight is 474 g/mol. The molecule has 0 saturated carbocycles. The number of aromatic nitrogens is 3. The van der Waals surface area contributed by atoms with Crippen molar-refractivity contribution in [1.29, 1.82) is 0 Å². The minimum Gasteiger partial charge on any atom is -0.365 e. The Morgan fingerprint density at radius 1 is 0.778 bits per heavy atom. The monoisotopic (exact) mass is 473 g/mol. The van der Waals surface area contributed by atoms with Crippen LogP contribution >= 0.6 is 0 Å². The van der Waals surface area contributed by atoms with Crippen molar-refractivity contribution >= 4 is 22.5 Å². The molecule has 1 aliphatic rings. The Labute approximate surface area is 212 Å². The molecule has 5 aromatic rings. The number of benzene rings is 3. The number of fused-ring (bicyclic) bond motifs is 1.